The molecule has 0 aliphatic rings. The molecule has 0 heterocycles. The third-order valence-corrected chi connectivity index (χ3v) is 14.8. The van der Waals surface area contributed by atoms with Gasteiger partial charge in [-0.1, -0.05) is 284 Å². The molecule has 83 heavy (non-hydrogen) atoms. The van der Waals surface area contributed by atoms with E-state index in [1.54, 1.807) is 0 Å². The number of aliphatic carboxylic acids is 1. The molecule has 9 heteroatoms. The number of rotatable bonds is 63. The summed E-state index contributed by atoms with van der Waals surface area (Å²) in [5.74, 6) is -2.00. The first-order valence-electron chi connectivity index (χ1n) is 34.4. The summed E-state index contributed by atoms with van der Waals surface area (Å²) < 4.78 is 23.0. The van der Waals surface area contributed by atoms with Crippen LogP contribution in [0.5, 0.6) is 0 Å². The van der Waals surface area contributed by atoms with Crippen LogP contribution in [-0.4, -0.2) is 87.4 Å². The Morgan fingerprint density at radius 3 is 1.02 bits per heavy atom. The third kappa shape index (κ3) is 65.6. The molecule has 0 aromatic carbocycles. The van der Waals surface area contributed by atoms with Crippen LogP contribution in [0, 0.1) is 0 Å². The zero-order chi connectivity index (χ0) is 60.5. The average Bonchev–Trinajstić information content (AvgIpc) is 3.46. The number of unbranched alkanes of at least 4 members (excludes halogenated alkanes) is 32. The highest BCUT2D eigenvalue weighted by Gasteiger charge is 2.25. The van der Waals surface area contributed by atoms with E-state index in [4.69, 9.17) is 18.9 Å². The first-order chi connectivity index (χ1) is 40.6. The lowest BCUT2D eigenvalue weighted by Crippen LogP contribution is -2.40. The molecule has 478 valence electrons. The molecule has 0 rings (SSSR count). The number of hydrogen-bond donors (Lipinski definition) is 1. The first-order valence-corrected chi connectivity index (χ1v) is 34.4. The highest BCUT2D eigenvalue weighted by atomic mass is 16.7. The van der Waals surface area contributed by atoms with Crippen LogP contribution in [0.25, 0.3) is 0 Å². The summed E-state index contributed by atoms with van der Waals surface area (Å²) >= 11 is 0. The number of carboxylic acids is 1. The van der Waals surface area contributed by atoms with Crippen LogP contribution in [0.3, 0.4) is 0 Å². The molecule has 0 bridgehead atoms. The van der Waals surface area contributed by atoms with Gasteiger partial charge in [0, 0.05) is 12.8 Å². The summed E-state index contributed by atoms with van der Waals surface area (Å²) in [5, 5.41) is 9.75. The number of carbonyl (C=O) groups is 3. The number of hydrogen-bond acceptors (Lipinski definition) is 7. The fraction of sp³-hybridized carbons (Fsp3) is 0.743. The predicted octanol–water partition coefficient (Wildman–Crippen LogP) is 21.2. The molecule has 0 aliphatic carbocycles. The minimum Gasteiger partial charge on any atom is -0.477 e. The van der Waals surface area contributed by atoms with Gasteiger partial charge < -0.3 is 28.5 Å². The predicted molar refractivity (Wildman–Crippen MR) is 355 cm³/mol. The molecule has 2 unspecified atom stereocenters. The van der Waals surface area contributed by atoms with Crippen LogP contribution in [0.2, 0.25) is 0 Å². The number of likely N-dealkylation sites (N-methyl/N-ethyl adjacent to an activating group) is 1. The summed E-state index contributed by atoms with van der Waals surface area (Å²) in [5.41, 5.74) is 0. The summed E-state index contributed by atoms with van der Waals surface area (Å²) in [4.78, 5) is 37.6. The van der Waals surface area contributed by atoms with Crippen LogP contribution in [0.1, 0.15) is 296 Å². The van der Waals surface area contributed by atoms with E-state index in [0.717, 1.165) is 83.5 Å². The number of ether oxygens (including phenoxy) is 4. The number of nitrogens with zero attached hydrogens (tertiary/aromatic N) is 1. The second-order valence-corrected chi connectivity index (χ2v) is 24.1. The molecule has 0 fully saturated rings. The van der Waals surface area contributed by atoms with Crippen molar-refractivity contribution in [1.82, 2.24) is 0 Å². The van der Waals surface area contributed by atoms with Gasteiger partial charge in [0.25, 0.3) is 6.29 Å². The smallest absolute Gasteiger partial charge is 0.361 e. The lowest BCUT2D eigenvalue weighted by molar-refractivity contribution is -0.870. The van der Waals surface area contributed by atoms with Gasteiger partial charge in [0.05, 0.1) is 34.4 Å². The fourth-order valence-corrected chi connectivity index (χ4v) is 9.58. The second-order valence-electron chi connectivity index (χ2n) is 24.1. The minimum atomic E-state index is -1.52. The van der Waals surface area contributed by atoms with E-state index < -0.39 is 24.3 Å². The Hall–Kier alpha value is -3.79. The van der Waals surface area contributed by atoms with Gasteiger partial charge in [-0.15, -0.1) is 0 Å². The van der Waals surface area contributed by atoms with Gasteiger partial charge in [-0.3, -0.25) is 9.59 Å². The Kier molecular flexibility index (Phi) is 61.3. The molecule has 9 nitrogen and oxygen atoms in total. The first kappa shape index (κ1) is 79.2. The van der Waals surface area contributed by atoms with Crippen molar-refractivity contribution in [3.8, 4) is 0 Å². The lowest BCUT2D eigenvalue weighted by Gasteiger charge is -2.25. The Morgan fingerprint density at radius 1 is 0.373 bits per heavy atom. The minimum absolute atomic E-state index is 0.185. The van der Waals surface area contributed by atoms with Gasteiger partial charge in [0.15, 0.2) is 6.10 Å². The van der Waals surface area contributed by atoms with Crippen molar-refractivity contribution < 1.29 is 42.9 Å². The topological polar surface area (TPSA) is 108 Å². The zero-order valence-corrected chi connectivity index (χ0v) is 54.6. The monoisotopic (exact) mass is 1160 g/mol. The standard InChI is InChI=1S/C74H129NO8/c1-6-8-10-12-14-16-18-20-22-24-26-28-30-32-34-35-36-37-39-41-43-45-47-49-51-53-55-57-59-61-63-65-72(77)83-70(69-82-74(73(78)79)80-67-66-75(3,4)5)68-81-71(76)64-62-60-58-56-54-52-50-48-46-44-42-40-38-33-31-29-27-25-23-21-19-17-15-13-11-9-7-2/h8,10,14,16,19-22,25-28,31-34,70,74H,6-7,9,11-13,15,17-18,23-24,29-30,35-69H2,1-5H3/p+1/b10-8-,16-14-,21-19-,22-20-,27-25-,28-26-,33-31-,34-32-. The van der Waals surface area contributed by atoms with Gasteiger partial charge in [-0.25, -0.2) is 4.79 Å². The number of allylic oxidation sites excluding steroid dienone is 16. The van der Waals surface area contributed by atoms with Crippen LogP contribution in [0.4, 0.5) is 0 Å². The molecule has 0 saturated heterocycles. The van der Waals surface area contributed by atoms with E-state index >= 15 is 0 Å². The van der Waals surface area contributed by atoms with E-state index in [0.29, 0.717) is 17.4 Å². The lowest BCUT2D eigenvalue weighted by atomic mass is 10.0. The van der Waals surface area contributed by atoms with Crippen molar-refractivity contribution in [1.29, 1.82) is 0 Å². The van der Waals surface area contributed by atoms with E-state index in [1.807, 2.05) is 21.1 Å². The fourth-order valence-electron chi connectivity index (χ4n) is 9.58. The quantitative estimate of drug-likeness (QED) is 0.0211. The van der Waals surface area contributed by atoms with Crippen molar-refractivity contribution in [3.63, 3.8) is 0 Å². The van der Waals surface area contributed by atoms with E-state index in [2.05, 4.69) is 111 Å². The normalized spacial score (nSPS) is 13.3. The van der Waals surface area contributed by atoms with Crippen molar-refractivity contribution in [3.05, 3.63) is 97.2 Å². The molecule has 0 radical (unpaired) electrons. The molecule has 2 atom stereocenters. The number of carboxylic acid groups (broad SMARTS) is 1. The molecule has 0 aliphatic heterocycles. The molecule has 0 aromatic rings. The van der Waals surface area contributed by atoms with Crippen LogP contribution in [-0.2, 0) is 33.3 Å². The zero-order valence-electron chi connectivity index (χ0n) is 54.6. The highest BCUT2D eigenvalue weighted by molar-refractivity contribution is 5.71. The van der Waals surface area contributed by atoms with Crippen molar-refractivity contribution in [2.24, 2.45) is 0 Å². The Morgan fingerprint density at radius 2 is 0.687 bits per heavy atom. The van der Waals surface area contributed by atoms with Crippen LogP contribution in [0.15, 0.2) is 97.2 Å². The number of carbonyl (C=O) groups excluding carboxylic acids is 2. The number of esters is 2. The third-order valence-electron chi connectivity index (χ3n) is 14.8. The number of quaternary nitrogens is 1. The summed E-state index contributed by atoms with van der Waals surface area (Å²) in [6.07, 6.45) is 85.1. The second kappa shape index (κ2) is 64.2. The molecular weight excluding hydrogens is 1030 g/mol. The van der Waals surface area contributed by atoms with Crippen molar-refractivity contribution in [2.75, 3.05) is 47.5 Å². The van der Waals surface area contributed by atoms with E-state index in [-0.39, 0.29) is 32.2 Å². The average molecular weight is 1160 g/mol. The SMILES string of the molecule is CC/C=C\C/C=C\C/C=C\C/C=C\C/C=C\CCCCCCCCCCCCCCCCCC(=O)OC(COC(=O)CCCCCCCCCCCCCC/C=C\C/C=C\C/C=C\CCCCCCC)COC(OCC[N+](C)(C)C)C(=O)O. The Balaban J connectivity index is 4.14. The Labute approximate surface area is 512 Å². The molecular formula is C74H130NO8+. The van der Waals surface area contributed by atoms with Crippen LogP contribution >= 0.6 is 0 Å². The Bertz CT molecular complexity index is 1680. The molecule has 0 aromatic heterocycles. The van der Waals surface area contributed by atoms with E-state index in [9.17, 15) is 19.5 Å². The molecule has 0 spiro atoms. The van der Waals surface area contributed by atoms with Gasteiger partial charge in [-0.05, 0) is 96.3 Å². The van der Waals surface area contributed by atoms with Gasteiger partial charge in [-0.2, -0.15) is 0 Å². The highest BCUT2D eigenvalue weighted by Crippen LogP contribution is 2.17. The summed E-state index contributed by atoms with van der Waals surface area (Å²) in [6, 6.07) is 0. The van der Waals surface area contributed by atoms with Crippen molar-refractivity contribution >= 4 is 17.9 Å². The molecule has 1 N–H and O–H groups in total. The molecule has 0 amide bonds. The van der Waals surface area contributed by atoms with Gasteiger partial charge in [0.2, 0.25) is 0 Å². The van der Waals surface area contributed by atoms with Crippen LogP contribution < -0.4 is 0 Å². The summed E-state index contributed by atoms with van der Waals surface area (Å²) in [7, 11) is 5.98. The maximum Gasteiger partial charge on any atom is 0.361 e. The maximum absolute atomic E-state index is 12.9. The van der Waals surface area contributed by atoms with Crippen molar-refractivity contribution in [2.45, 2.75) is 309 Å². The van der Waals surface area contributed by atoms with Gasteiger partial charge >= 0.3 is 17.9 Å². The van der Waals surface area contributed by atoms with E-state index in [1.165, 1.54) is 186 Å². The largest absolute Gasteiger partial charge is 0.477 e. The maximum atomic E-state index is 12.9. The summed E-state index contributed by atoms with van der Waals surface area (Å²) in [6.45, 7) is 4.78. The molecule has 0 saturated carbocycles. The van der Waals surface area contributed by atoms with Gasteiger partial charge in [0.1, 0.15) is 13.2 Å².